The van der Waals surface area contributed by atoms with E-state index in [0.29, 0.717) is 0 Å². The first-order valence-corrected chi connectivity index (χ1v) is 3.92. The fourth-order valence-electron chi connectivity index (χ4n) is 1.56. The highest BCUT2D eigenvalue weighted by atomic mass is 16.6. The lowest BCUT2D eigenvalue weighted by molar-refractivity contribution is 0.134. The Balaban J connectivity index is 2.08. The first kappa shape index (κ1) is 6.08. The molecule has 1 unspecified atom stereocenters. The Kier molecular flexibility index (Phi) is 1.02. The zero-order valence-electron chi connectivity index (χ0n) is 6.37. The van der Waals surface area contributed by atoms with Crippen molar-refractivity contribution in [1.29, 1.82) is 0 Å². The average molecular weight is 160 g/mol. The van der Waals surface area contributed by atoms with Gasteiger partial charge in [-0.3, -0.25) is 0 Å². The lowest BCUT2D eigenvalue weighted by atomic mass is 10.1. The van der Waals surface area contributed by atoms with Crippen molar-refractivity contribution in [2.75, 3.05) is 0 Å². The molecule has 0 fully saturated rings. The van der Waals surface area contributed by atoms with Crippen molar-refractivity contribution in [3.05, 3.63) is 47.4 Å². The maximum absolute atomic E-state index is 4.99. The van der Waals surface area contributed by atoms with Crippen molar-refractivity contribution in [1.82, 2.24) is 10.8 Å². The van der Waals surface area contributed by atoms with Gasteiger partial charge >= 0.3 is 0 Å². The Hall–Kier alpha value is -1.48. The Morgan fingerprint density at radius 2 is 2.42 bits per heavy atom. The molecule has 0 saturated carbocycles. The van der Waals surface area contributed by atoms with Crippen LogP contribution in [0.3, 0.4) is 0 Å². The molecule has 12 heavy (non-hydrogen) atoms. The maximum atomic E-state index is 4.99. The molecular weight excluding hydrogens is 152 g/mol. The van der Waals surface area contributed by atoms with E-state index in [1.54, 1.807) is 6.26 Å². The van der Waals surface area contributed by atoms with Gasteiger partial charge in [0.2, 0.25) is 0 Å². The third-order valence-electron chi connectivity index (χ3n) is 2.19. The van der Waals surface area contributed by atoms with Gasteiger partial charge in [0.15, 0.2) is 0 Å². The Labute approximate surface area is 70.1 Å². The van der Waals surface area contributed by atoms with E-state index in [9.17, 15) is 0 Å². The van der Waals surface area contributed by atoms with Gasteiger partial charge in [0, 0.05) is 11.3 Å². The summed E-state index contributed by atoms with van der Waals surface area (Å²) in [7, 11) is 0. The van der Waals surface area contributed by atoms with Gasteiger partial charge in [-0.15, -0.1) is 5.48 Å². The fourth-order valence-corrected chi connectivity index (χ4v) is 1.56. The number of allylic oxidation sites excluding steroid dienone is 3. The van der Waals surface area contributed by atoms with E-state index >= 15 is 0 Å². The van der Waals surface area contributed by atoms with Crippen molar-refractivity contribution in [2.24, 2.45) is 0 Å². The standard InChI is InChI=1S/C9H8N2O/c1-2-6-4-7-5-12-11-9(7)10-8(6)3-1/h1-5,9-11H. The van der Waals surface area contributed by atoms with Gasteiger partial charge in [0.05, 0.1) is 0 Å². The van der Waals surface area contributed by atoms with Crippen LogP contribution in [-0.2, 0) is 4.84 Å². The molecule has 0 bridgehead atoms. The molecule has 2 N–H and O–H groups in total. The molecule has 3 aliphatic rings. The van der Waals surface area contributed by atoms with Crippen molar-refractivity contribution < 1.29 is 4.84 Å². The predicted octanol–water partition coefficient (Wildman–Crippen LogP) is 0.715. The van der Waals surface area contributed by atoms with E-state index in [4.69, 9.17) is 4.84 Å². The molecule has 0 radical (unpaired) electrons. The van der Waals surface area contributed by atoms with Crippen LogP contribution in [0.2, 0.25) is 0 Å². The van der Waals surface area contributed by atoms with E-state index in [1.807, 2.05) is 6.08 Å². The summed E-state index contributed by atoms with van der Waals surface area (Å²) in [5.74, 6) is 0. The highest BCUT2D eigenvalue weighted by Crippen LogP contribution is 2.26. The SMILES string of the molecule is C1=CC2=CC3=CONC3NC2=C1. The molecule has 0 amide bonds. The second-order valence-electron chi connectivity index (χ2n) is 2.97. The van der Waals surface area contributed by atoms with Gasteiger partial charge in [-0.25, -0.2) is 0 Å². The summed E-state index contributed by atoms with van der Waals surface area (Å²) in [6, 6.07) is 0. The molecule has 3 heteroatoms. The van der Waals surface area contributed by atoms with Crippen molar-refractivity contribution >= 4 is 0 Å². The van der Waals surface area contributed by atoms with Crippen LogP contribution in [0.1, 0.15) is 0 Å². The summed E-state index contributed by atoms with van der Waals surface area (Å²) in [5, 5.41) is 3.30. The Morgan fingerprint density at radius 3 is 3.42 bits per heavy atom. The van der Waals surface area contributed by atoms with Crippen LogP contribution in [0.25, 0.3) is 0 Å². The minimum atomic E-state index is 0.125. The molecule has 0 aromatic rings. The summed E-state index contributed by atoms with van der Waals surface area (Å²) in [4.78, 5) is 4.99. The van der Waals surface area contributed by atoms with E-state index in [1.165, 1.54) is 5.57 Å². The van der Waals surface area contributed by atoms with Gasteiger partial charge in [-0.1, -0.05) is 12.2 Å². The smallest absolute Gasteiger partial charge is 0.140 e. The molecule has 0 aromatic heterocycles. The quantitative estimate of drug-likeness (QED) is 0.547. The summed E-state index contributed by atoms with van der Waals surface area (Å²) < 4.78 is 0. The zero-order valence-corrected chi connectivity index (χ0v) is 6.37. The predicted molar refractivity (Wildman–Crippen MR) is 44.5 cm³/mol. The van der Waals surface area contributed by atoms with Gasteiger partial charge in [-0.05, 0) is 17.7 Å². The highest BCUT2D eigenvalue weighted by Gasteiger charge is 2.25. The largest absolute Gasteiger partial charge is 0.414 e. The highest BCUT2D eigenvalue weighted by molar-refractivity contribution is 5.54. The molecule has 3 rings (SSSR count). The van der Waals surface area contributed by atoms with E-state index in [-0.39, 0.29) is 6.17 Å². The lowest BCUT2D eigenvalue weighted by Crippen LogP contribution is -2.40. The average Bonchev–Trinajstić information content (AvgIpc) is 2.64. The van der Waals surface area contributed by atoms with Gasteiger partial charge < -0.3 is 10.2 Å². The van der Waals surface area contributed by atoms with Crippen LogP contribution in [-0.4, -0.2) is 6.17 Å². The molecular formula is C9H8N2O. The lowest BCUT2D eigenvalue weighted by Gasteiger charge is -2.21. The van der Waals surface area contributed by atoms with Crippen LogP contribution in [0, 0.1) is 0 Å². The molecule has 2 heterocycles. The number of hydrogen-bond donors (Lipinski definition) is 2. The van der Waals surface area contributed by atoms with E-state index < -0.39 is 0 Å². The molecule has 0 aromatic carbocycles. The Morgan fingerprint density at radius 1 is 1.42 bits per heavy atom. The normalized spacial score (nSPS) is 29.3. The molecule has 2 aliphatic heterocycles. The molecule has 1 atom stereocenters. The molecule has 60 valence electrons. The zero-order chi connectivity index (χ0) is 7.97. The summed E-state index contributed by atoms with van der Waals surface area (Å²) in [5.41, 5.74) is 6.39. The Bertz CT molecular complexity index is 350. The van der Waals surface area contributed by atoms with Crippen LogP contribution >= 0.6 is 0 Å². The van der Waals surface area contributed by atoms with E-state index in [2.05, 4.69) is 29.0 Å². The molecule has 0 saturated heterocycles. The monoisotopic (exact) mass is 160 g/mol. The number of hydroxylamine groups is 1. The second-order valence-corrected chi connectivity index (χ2v) is 2.97. The van der Waals surface area contributed by atoms with Crippen molar-refractivity contribution in [3.63, 3.8) is 0 Å². The number of nitrogens with one attached hydrogen (secondary N) is 2. The minimum Gasteiger partial charge on any atom is -0.414 e. The molecule has 3 nitrogen and oxygen atoms in total. The van der Waals surface area contributed by atoms with Gasteiger partial charge in [0.1, 0.15) is 12.4 Å². The van der Waals surface area contributed by atoms with Crippen LogP contribution in [0.5, 0.6) is 0 Å². The number of rotatable bonds is 0. The van der Waals surface area contributed by atoms with Crippen LogP contribution in [0.15, 0.2) is 47.4 Å². The number of hydrogen-bond acceptors (Lipinski definition) is 3. The first-order valence-electron chi connectivity index (χ1n) is 3.92. The van der Waals surface area contributed by atoms with Crippen molar-refractivity contribution in [2.45, 2.75) is 6.17 Å². The summed E-state index contributed by atoms with van der Waals surface area (Å²) in [6.07, 6.45) is 10.2. The first-order chi connectivity index (χ1) is 5.93. The van der Waals surface area contributed by atoms with Crippen molar-refractivity contribution in [3.8, 4) is 0 Å². The maximum Gasteiger partial charge on any atom is 0.140 e. The topological polar surface area (TPSA) is 33.3 Å². The van der Waals surface area contributed by atoms with Crippen LogP contribution in [0.4, 0.5) is 0 Å². The summed E-state index contributed by atoms with van der Waals surface area (Å²) in [6.45, 7) is 0. The minimum absolute atomic E-state index is 0.125. The van der Waals surface area contributed by atoms with E-state index in [0.717, 1.165) is 11.3 Å². The fraction of sp³-hybridized carbons (Fsp3) is 0.111. The summed E-state index contributed by atoms with van der Waals surface area (Å²) >= 11 is 0. The van der Waals surface area contributed by atoms with Crippen LogP contribution < -0.4 is 10.8 Å². The third kappa shape index (κ3) is 0.685. The third-order valence-corrected chi connectivity index (χ3v) is 2.19. The molecule has 1 aliphatic carbocycles. The number of fused-ring (bicyclic) bond motifs is 2. The van der Waals surface area contributed by atoms with Gasteiger partial charge in [-0.2, -0.15) is 0 Å². The van der Waals surface area contributed by atoms with Gasteiger partial charge in [0.25, 0.3) is 0 Å². The molecule has 0 spiro atoms. The second kappa shape index (κ2) is 2.01.